The lowest BCUT2D eigenvalue weighted by Crippen LogP contribution is -1.96. The molecule has 30 heavy (non-hydrogen) atoms. The summed E-state index contributed by atoms with van der Waals surface area (Å²) in [7, 11) is -3.29. The van der Waals surface area contributed by atoms with Crippen molar-refractivity contribution in [3.63, 3.8) is 0 Å². The zero-order valence-electron chi connectivity index (χ0n) is 16.0. The van der Waals surface area contributed by atoms with E-state index in [0.717, 1.165) is 11.1 Å². The number of halogens is 2. The predicted molar refractivity (Wildman–Crippen MR) is 120 cm³/mol. The third-order valence-electron chi connectivity index (χ3n) is 4.55. The van der Waals surface area contributed by atoms with Crippen molar-refractivity contribution in [1.29, 1.82) is 0 Å². The quantitative estimate of drug-likeness (QED) is 0.352. The van der Waals surface area contributed by atoms with Crippen molar-refractivity contribution in [2.24, 2.45) is 0 Å². The van der Waals surface area contributed by atoms with E-state index in [1.807, 2.05) is 30.3 Å². The molecule has 0 atom stereocenters. The molecule has 152 valence electrons. The van der Waals surface area contributed by atoms with Crippen molar-refractivity contribution in [1.82, 2.24) is 4.98 Å². The Morgan fingerprint density at radius 2 is 1.50 bits per heavy atom. The van der Waals surface area contributed by atoms with Gasteiger partial charge in [0.1, 0.15) is 5.69 Å². The van der Waals surface area contributed by atoms with Crippen LogP contribution in [0.4, 0.5) is 0 Å². The normalized spacial score (nSPS) is 11.6. The van der Waals surface area contributed by atoms with Crippen molar-refractivity contribution >= 4 is 33.0 Å². The first-order valence-corrected chi connectivity index (χ1v) is 11.7. The van der Waals surface area contributed by atoms with Crippen molar-refractivity contribution < 1.29 is 12.8 Å². The Balaban J connectivity index is 1.83. The smallest absolute Gasteiger partial charge is 0.199 e. The lowest BCUT2D eigenvalue weighted by Gasteiger charge is -2.04. The molecule has 0 spiro atoms. The largest absolute Gasteiger partial charge is 0.440 e. The van der Waals surface area contributed by atoms with Crippen LogP contribution in [0.5, 0.6) is 0 Å². The summed E-state index contributed by atoms with van der Waals surface area (Å²) in [6, 6.07) is 21.6. The number of sulfone groups is 1. The number of hydrogen-bond acceptors (Lipinski definition) is 4. The van der Waals surface area contributed by atoms with E-state index in [-0.39, 0.29) is 4.90 Å². The molecule has 1 heterocycles. The van der Waals surface area contributed by atoms with Crippen LogP contribution in [0.3, 0.4) is 0 Å². The number of aromatic nitrogens is 1. The van der Waals surface area contributed by atoms with Gasteiger partial charge in [0.2, 0.25) is 0 Å². The molecule has 7 heteroatoms. The Labute approximate surface area is 185 Å². The summed E-state index contributed by atoms with van der Waals surface area (Å²) in [5, 5.41) is 0.979. The van der Waals surface area contributed by atoms with Gasteiger partial charge in [-0.1, -0.05) is 53.5 Å². The topological polar surface area (TPSA) is 60.2 Å². The summed E-state index contributed by atoms with van der Waals surface area (Å²) >= 11 is 12.4. The van der Waals surface area contributed by atoms with Crippen molar-refractivity contribution in [3.8, 4) is 22.6 Å². The van der Waals surface area contributed by atoms with Crippen LogP contribution >= 0.6 is 23.2 Å². The van der Waals surface area contributed by atoms with E-state index < -0.39 is 9.84 Å². The third kappa shape index (κ3) is 4.59. The molecule has 0 fully saturated rings. The summed E-state index contributed by atoms with van der Waals surface area (Å²) in [6.45, 7) is 0. The lowest BCUT2D eigenvalue weighted by atomic mass is 10.1. The summed E-state index contributed by atoms with van der Waals surface area (Å²) in [5.74, 6) is 1.06. The van der Waals surface area contributed by atoms with Crippen LogP contribution in [-0.2, 0) is 16.3 Å². The Kier molecular flexibility index (Phi) is 5.69. The van der Waals surface area contributed by atoms with Crippen LogP contribution in [-0.4, -0.2) is 19.7 Å². The maximum Gasteiger partial charge on any atom is 0.199 e. The zero-order valence-corrected chi connectivity index (χ0v) is 18.3. The average Bonchev–Trinajstić information content (AvgIpc) is 3.11. The average molecular weight is 458 g/mol. The van der Waals surface area contributed by atoms with Gasteiger partial charge in [0.25, 0.3) is 0 Å². The van der Waals surface area contributed by atoms with E-state index in [1.54, 1.807) is 42.5 Å². The first kappa shape index (κ1) is 20.7. The number of oxazole rings is 1. The fraction of sp³-hybridized carbons (Fsp3) is 0.0870. The number of benzene rings is 3. The van der Waals surface area contributed by atoms with E-state index in [1.165, 1.54) is 6.26 Å². The Morgan fingerprint density at radius 3 is 2.10 bits per heavy atom. The second-order valence-electron chi connectivity index (χ2n) is 6.90. The van der Waals surface area contributed by atoms with Crippen LogP contribution in [0.15, 0.2) is 82.1 Å². The summed E-state index contributed by atoms with van der Waals surface area (Å²) in [4.78, 5) is 4.94. The highest BCUT2D eigenvalue weighted by Gasteiger charge is 2.19. The van der Waals surface area contributed by atoms with Crippen LogP contribution in [0.1, 0.15) is 11.5 Å². The van der Waals surface area contributed by atoms with Gasteiger partial charge in [-0.25, -0.2) is 13.4 Å². The number of nitrogens with zero attached hydrogens (tertiary/aromatic N) is 1. The van der Waals surface area contributed by atoms with Gasteiger partial charge in [-0.2, -0.15) is 0 Å². The number of hydrogen-bond donors (Lipinski definition) is 0. The molecular weight excluding hydrogens is 441 g/mol. The van der Waals surface area contributed by atoms with Gasteiger partial charge < -0.3 is 4.42 Å². The second kappa shape index (κ2) is 8.26. The fourth-order valence-corrected chi connectivity index (χ4v) is 4.30. The van der Waals surface area contributed by atoms with Crippen molar-refractivity contribution in [2.45, 2.75) is 11.3 Å². The van der Waals surface area contributed by atoms with E-state index >= 15 is 0 Å². The highest BCUT2D eigenvalue weighted by molar-refractivity contribution is 7.90. The van der Waals surface area contributed by atoms with E-state index in [2.05, 4.69) is 0 Å². The van der Waals surface area contributed by atoms with E-state index in [4.69, 9.17) is 32.6 Å². The highest BCUT2D eigenvalue weighted by Crippen LogP contribution is 2.36. The van der Waals surface area contributed by atoms with E-state index in [0.29, 0.717) is 39.4 Å². The van der Waals surface area contributed by atoms with E-state index in [9.17, 15) is 8.42 Å². The molecule has 0 aliphatic heterocycles. The van der Waals surface area contributed by atoms with Gasteiger partial charge in [-0.05, 0) is 48.0 Å². The zero-order chi connectivity index (χ0) is 21.3. The third-order valence-corrected chi connectivity index (χ3v) is 6.12. The molecule has 0 aliphatic rings. The molecule has 4 aromatic rings. The SMILES string of the molecule is CS(=O)(=O)c1ccc(-c2oc(Cc3ccccc3)nc2-c2cc(Cl)cc(Cl)c2)cc1. The molecule has 0 bridgehead atoms. The fourth-order valence-electron chi connectivity index (χ4n) is 3.15. The molecule has 0 aliphatic carbocycles. The van der Waals surface area contributed by atoms with Gasteiger partial charge in [0, 0.05) is 33.8 Å². The molecule has 3 aromatic carbocycles. The second-order valence-corrected chi connectivity index (χ2v) is 9.79. The number of rotatable bonds is 5. The first-order valence-electron chi connectivity index (χ1n) is 9.10. The summed E-state index contributed by atoms with van der Waals surface area (Å²) in [6.07, 6.45) is 1.69. The molecule has 0 amide bonds. The molecule has 0 radical (unpaired) electrons. The van der Waals surface area contributed by atoms with Crippen molar-refractivity contribution in [2.75, 3.05) is 6.26 Å². The minimum absolute atomic E-state index is 0.239. The molecule has 0 saturated heterocycles. The van der Waals surface area contributed by atoms with Crippen molar-refractivity contribution in [3.05, 3.63) is 94.3 Å². The molecule has 0 saturated carbocycles. The van der Waals surface area contributed by atoms with Gasteiger partial charge in [-0.15, -0.1) is 0 Å². The Morgan fingerprint density at radius 1 is 0.867 bits per heavy atom. The Hall–Kier alpha value is -2.60. The predicted octanol–water partition coefficient (Wildman–Crippen LogP) is 6.31. The lowest BCUT2D eigenvalue weighted by molar-refractivity contribution is 0.519. The maximum absolute atomic E-state index is 11.8. The summed E-state index contributed by atoms with van der Waals surface area (Å²) < 4.78 is 29.7. The van der Waals surface area contributed by atoms with Gasteiger partial charge in [0.15, 0.2) is 21.5 Å². The first-order chi connectivity index (χ1) is 14.3. The minimum atomic E-state index is -3.29. The van der Waals surface area contributed by atoms with Gasteiger partial charge in [0.05, 0.1) is 4.90 Å². The Bertz CT molecular complexity index is 1280. The van der Waals surface area contributed by atoms with Crippen LogP contribution < -0.4 is 0 Å². The highest BCUT2D eigenvalue weighted by atomic mass is 35.5. The minimum Gasteiger partial charge on any atom is -0.440 e. The maximum atomic E-state index is 11.8. The standard InChI is InChI=1S/C23H17Cl2NO3S/c1-30(27,28)20-9-7-16(8-10-20)23-22(17-12-18(24)14-19(25)13-17)26-21(29-23)11-15-5-3-2-4-6-15/h2-10,12-14H,11H2,1H3. The molecule has 1 aromatic heterocycles. The molecule has 4 nitrogen and oxygen atoms in total. The van der Waals surface area contributed by atoms with Gasteiger partial charge in [-0.3, -0.25) is 0 Å². The summed E-state index contributed by atoms with van der Waals surface area (Å²) in [5.41, 5.74) is 3.09. The van der Waals surface area contributed by atoms with Crippen LogP contribution in [0.25, 0.3) is 22.6 Å². The van der Waals surface area contributed by atoms with Crippen LogP contribution in [0.2, 0.25) is 10.0 Å². The molecular formula is C23H17Cl2NO3S. The van der Waals surface area contributed by atoms with Gasteiger partial charge >= 0.3 is 0 Å². The van der Waals surface area contributed by atoms with Crippen LogP contribution in [0, 0.1) is 0 Å². The molecule has 4 rings (SSSR count). The molecule has 0 unspecified atom stereocenters. The monoisotopic (exact) mass is 457 g/mol. The molecule has 0 N–H and O–H groups in total.